The van der Waals surface area contributed by atoms with Gasteiger partial charge in [-0.15, -0.1) is 0 Å². The van der Waals surface area contributed by atoms with Gasteiger partial charge in [0.1, 0.15) is 31.0 Å². The third kappa shape index (κ3) is 9.83. The number of aliphatic hydroxyl groups is 1. The number of unbranched alkanes of at least 4 members (excludes halogenated alkanes) is 2. The largest absolute Gasteiger partial charge is 0.508 e. The lowest BCUT2D eigenvalue weighted by Crippen LogP contribution is -2.69. The molecule has 1 fully saturated rings. The van der Waals surface area contributed by atoms with Crippen molar-refractivity contribution in [2.24, 2.45) is 5.73 Å². The van der Waals surface area contributed by atoms with Crippen molar-refractivity contribution < 1.29 is 43.1 Å². The van der Waals surface area contributed by atoms with Gasteiger partial charge in [-0.1, -0.05) is 152 Å². The highest BCUT2D eigenvalue weighted by molar-refractivity contribution is 5.79. The Morgan fingerprint density at radius 3 is 1.79 bits per heavy atom. The van der Waals surface area contributed by atoms with Crippen LogP contribution in [0.25, 0.3) is 11.1 Å². The first-order chi connectivity index (χ1) is 28.5. The maximum Gasteiger partial charge on any atom is 0.508 e. The fraction of sp³-hybridized carbons (Fsp3) is 0.333. The van der Waals surface area contributed by atoms with Gasteiger partial charge in [-0.2, -0.15) is 0 Å². The molecule has 0 aromatic heterocycles. The van der Waals surface area contributed by atoms with E-state index in [-0.39, 0.29) is 45.4 Å². The number of ether oxygens (including phenoxy) is 6. The Kier molecular flexibility index (Phi) is 14.0. The fourth-order valence-corrected chi connectivity index (χ4v) is 7.91. The highest BCUT2D eigenvalue weighted by atomic mass is 16.7. The van der Waals surface area contributed by atoms with Crippen LogP contribution in [0.1, 0.15) is 59.4 Å². The topological polar surface area (TPSA) is 136 Å². The molecule has 58 heavy (non-hydrogen) atoms. The van der Waals surface area contributed by atoms with Gasteiger partial charge in [0.25, 0.3) is 0 Å². The molecule has 1 aliphatic carbocycles. The van der Waals surface area contributed by atoms with E-state index in [1.165, 1.54) is 0 Å². The van der Waals surface area contributed by atoms with E-state index in [2.05, 4.69) is 12.1 Å². The Hall–Kier alpha value is -5.36. The number of carbonyl (C=O) groups excluding carboxylic acids is 2. The smallest absolute Gasteiger partial charge is 0.459 e. The summed E-state index contributed by atoms with van der Waals surface area (Å²) in [5.74, 6) is -0.956. The van der Waals surface area contributed by atoms with Crippen molar-refractivity contribution in [3.05, 3.63) is 167 Å². The molecule has 7 rings (SSSR count). The molecule has 302 valence electrons. The molecule has 0 unspecified atom stereocenters. The van der Waals surface area contributed by atoms with Crippen LogP contribution in [0.2, 0.25) is 0 Å². The van der Waals surface area contributed by atoms with E-state index in [9.17, 15) is 14.7 Å². The maximum atomic E-state index is 14.3. The molecule has 5 atom stereocenters. The minimum absolute atomic E-state index is 0.00528. The van der Waals surface area contributed by atoms with Gasteiger partial charge in [-0.3, -0.25) is 0 Å². The first-order valence-corrected chi connectivity index (χ1v) is 20.0. The van der Waals surface area contributed by atoms with Crippen molar-refractivity contribution in [3.63, 3.8) is 0 Å². The molecule has 10 heteroatoms. The fourth-order valence-electron chi connectivity index (χ4n) is 7.91. The molecule has 0 saturated carbocycles. The van der Waals surface area contributed by atoms with Crippen molar-refractivity contribution >= 4 is 12.1 Å². The molecule has 1 aliphatic heterocycles. The van der Waals surface area contributed by atoms with Crippen molar-refractivity contribution in [2.75, 3.05) is 19.8 Å². The summed E-state index contributed by atoms with van der Waals surface area (Å²) < 4.78 is 37.4. The van der Waals surface area contributed by atoms with Gasteiger partial charge < -0.3 is 39.3 Å². The maximum absolute atomic E-state index is 14.3. The number of hydrogen-bond donors (Lipinski definition) is 2. The third-order valence-corrected chi connectivity index (χ3v) is 10.9. The molecule has 0 bridgehead atoms. The number of nitrogens with two attached hydrogens (primary N) is 1. The number of aliphatic hydroxyl groups excluding tert-OH is 1. The zero-order chi connectivity index (χ0) is 40.2. The van der Waals surface area contributed by atoms with Crippen molar-refractivity contribution in [1.29, 1.82) is 0 Å². The van der Waals surface area contributed by atoms with Gasteiger partial charge in [0.2, 0.25) is 0 Å². The summed E-state index contributed by atoms with van der Waals surface area (Å²) in [6.45, 7) is 0.593. The Bertz CT molecular complexity index is 2020. The molecule has 0 spiro atoms. The van der Waals surface area contributed by atoms with Gasteiger partial charge in [-0.05, 0) is 58.3 Å². The monoisotopic (exact) mass is 785 g/mol. The van der Waals surface area contributed by atoms with Crippen LogP contribution in [0, 0.1) is 0 Å². The lowest BCUT2D eigenvalue weighted by atomic mass is 9.81. The second kappa shape index (κ2) is 19.9. The average molecular weight is 786 g/mol. The van der Waals surface area contributed by atoms with Crippen LogP contribution < -0.4 is 5.73 Å². The van der Waals surface area contributed by atoms with E-state index in [1.807, 2.05) is 127 Å². The standard InChI is InChI=1S/C48H51NO9/c49-28-16-4-15-27-48(33-53-29-34-17-5-1-6-18-34)45(50)43(57-47(52)56-32-41-39-25-13-11-23-37(39)38-24-12-14-26-40(38)41)42(54-30-35-19-7-2-8-20-35)44(58-48)46(51)55-31-36-21-9-3-10-22-36/h1-3,5-14,17-26,41-45,50H,4,15-16,27-33,49H2/t42-,43-,44-,45+,48-/m1/s1. The second-order valence-corrected chi connectivity index (χ2v) is 14.9. The average Bonchev–Trinajstić information content (AvgIpc) is 3.59. The molecule has 3 N–H and O–H groups in total. The number of hydrogen-bond acceptors (Lipinski definition) is 10. The lowest BCUT2D eigenvalue weighted by molar-refractivity contribution is -0.293. The SMILES string of the molecule is NCCCCC[C@]1(COCc2ccccc2)O[C@@H](C(=O)OCc2ccccc2)[C@H](OCc2ccccc2)[C@@H](OC(=O)OCC2c3ccccc3-c3ccccc32)[C@@H]1O. The summed E-state index contributed by atoms with van der Waals surface area (Å²) in [6.07, 6.45) is -4.30. The van der Waals surface area contributed by atoms with E-state index in [4.69, 9.17) is 34.2 Å². The van der Waals surface area contributed by atoms with Crippen molar-refractivity contribution in [2.45, 2.75) is 81.4 Å². The Balaban J connectivity index is 1.19. The van der Waals surface area contributed by atoms with Gasteiger partial charge >= 0.3 is 12.1 Å². The molecule has 0 amide bonds. The number of fused-ring (bicyclic) bond motifs is 3. The predicted molar refractivity (Wildman–Crippen MR) is 218 cm³/mol. The van der Waals surface area contributed by atoms with Gasteiger partial charge in [0.05, 0.1) is 19.8 Å². The summed E-state index contributed by atoms with van der Waals surface area (Å²) in [7, 11) is 0. The number of carbonyl (C=O) groups is 2. The highest BCUT2D eigenvalue weighted by Crippen LogP contribution is 2.45. The van der Waals surface area contributed by atoms with E-state index in [0.29, 0.717) is 13.0 Å². The minimum Gasteiger partial charge on any atom is -0.459 e. The number of esters is 1. The molecular formula is C48H51NO9. The Labute approximate surface area is 339 Å². The summed E-state index contributed by atoms with van der Waals surface area (Å²) in [5.41, 5.74) is 11.1. The lowest BCUT2D eigenvalue weighted by Gasteiger charge is -2.50. The predicted octanol–water partition coefficient (Wildman–Crippen LogP) is 7.88. The van der Waals surface area contributed by atoms with Crippen molar-refractivity contribution in [3.8, 4) is 11.1 Å². The molecule has 1 heterocycles. The summed E-state index contributed by atoms with van der Waals surface area (Å²) in [6, 6.07) is 44.4. The Morgan fingerprint density at radius 2 is 1.19 bits per heavy atom. The van der Waals surface area contributed by atoms with Crippen LogP contribution in [0.4, 0.5) is 4.79 Å². The van der Waals surface area contributed by atoms with Crippen LogP contribution in [0.5, 0.6) is 0 Å². The Morgan fingerprint density at radius 1 is 0.638 bits per heavy atom. The minimum atomic E-state index is -1.51. The third-order valence-electron chi connectivity index (χ3n) is 10.9. The van der Waals surface area contributed by atoms with Crippen LogP contribution in [-0.2, 0) is 53.0 Å². The summed E-state index contributed by atoms with van der Waals surface area (Å²) >= 11 is 0. The van der Waals surface area contributed by atoms with Gasteiger partial charge in [-0.25, -0.2) is 9.59 Å². The quantitative estimate of drug-likeness (QED) is 0.0667. The van der Waals surface area contributed by atoms with Gasteiger partial charge in [0.15, 0.2) is 12.2 Å². The zero-order valence-electron chi connectivity index (χ0n) is 32.5. The van der Waals surface area contributed by atoms with E-state index >= 15 is 0 Å². The first-order valence-electron chi connectivity index (χ1n) is 20.0. The molecule has 10 nitrogen and oxygen atoms in total. The number of benzene rings is 5. The molecule has 5 aromatic carbocycles. The highest BCUT2D eigenvalue weighted by Gasteiger charge is 2.59. The number of rotatable bonds is 18. The summed E-state index contributed by atoms with van der Waals surface area (Å²) in [4.78, 5) is 28.2. The van der Waals surface area contributed by atoms with Crippen LogP contribution in [0.3, 0.4) is 0 Å². The first kappa shape index (κ1) is 40.8. The van der Waals surface area contributed by atoms with Crippen molar-refractivity contribution in [1.82, 2.24) is 0 Å². The van der Waals surface area contributed by atoms with Crippen LogP contribution in [-0.4, -0.2) is 67.0 Å². The van der Waals surface area contributed by atoms with E-state index in [0.717, 1.165) is 51.8 Å². The second-order valence-electron chi connectivity index (χ2n) is 14.9. The molecule has 5 aromatic rings. The van der Waals surface area contributed by atoms with Crippen LogP contribution in [0.15, 0.2) is 140 Å². The zero-order valence-corrected chi connectivity index (χ0v) is 32.5. The van der Waals surface area contributed by atoms with E-state index < -0.39 is 42.1 Å². The normalized spacial score (nSPS) is 21.1. The molecule has 2 aliphatic rings. The van der Waals surface area contributed by atoms with Gasteiger partial charge in [0, 0.05) is 5.92 Å². The summed E-state index contributed by atoms with van der Waals surface area (Å²) in [5, 5.41) is 12.5. The van der Waals surface area contributed by atoms with E-state index in [1.54, 1.807) is 0 Å². The molecule has 1 saturated heterocycles. The van der Waals surface area contributed by atoms with Crippen LogP contribution >= 0.6 is 0 Å². The molecular weight excluding hydrogens is 735 g/mol. The molecule has 0 radical (unpaired) electrons.